The van der Waals surface area contributed by atoms with Crippen molar-refractivity contribution in [1.82, 2.24) is 5.32 Å². The molecule has 1 unspecified atom stereocenters. The highest BCUT2D eigenvalue weighted by Crippen LogP contribution is 2.26. The van der Waals surface area contributed by atoms with E-state index in [0.717, 1.165) is 5.56 Å². The molecule has 0 aliphatic carbocycles. The third kappa shape index (κ3) is 3.83. The van der Waals surface area contributed by atoms with E-state index in [0.29, 0.717) is 0 Å². The van der Waals surface area contributed by atoms with Crippen molar-refractivity contribution < 1.29 is 14.3 Å². The van der Waals surface area contributed by atoms with E-state index < -0.39 is 11.9 Å². The summed E-state index contributed by atoms with van der Waals surface area (Å²) in [5, 5.41) is 10.7. The Balaban J connectivity index is 2.69. The van der Waals surface area contributed by atoms with Crippen LogP contribution in [0.3, 0.4) is 0 Å². The quantitative estimate of drug-likeness (QED) is 0.654. The lowest BCUT2D eigenvalue weighted by molar-refractivity contribution is 0.194. The van der Waals surface area contributed by atoms with Gasteiger partial charge in [0.1, 0.15) is 5.82 Å². The van der Waals surface area contributed by atoms with Gasteiger partial charge >= 0.3 is 6.09 Å². The molecule has 3 nitrogen and oxygen atoms in total. The van der Waals surface area contributed by atoms with Crippen LogP contribution >= 0.6 is 34.2 Å². The Morgan fingerprint density at radius 3 is 2.87 bits per heavy atom. The van der Waals surface area contributed by atoms with Gasteiger partial charge < -0.3 is 10.4 Å². The van der Waals surface area contributed by atoms with Crippen molar-refractivity contribution in [3.63, 3.8) is 0 Å². The molecule has 82 valence electrons. The van der Waals surface area contributed by atoms with Crippen LogP contribution in [-0.2, 0) is 0 Å². The Labute approximate surface area is 105 Å². The summed E-state index contributed by atoms with van der Waals surface area (Å²) in [7, 11) is 0. The van der Waals surface area contributed by atoms with E-state index in [1.807, 2.05) is 0 Å². The molecule has 6 heteroatoms. The molecule has 0 radical (unpaired) electrons. The fraction of sp³-hybridized carbons (Fsp3) is 0.222. The minimum atomic E-state index is -1.08. The number of halogens is 3. The number of carboxylic acid groups (broad SMARTS) is 1. The van der Waals surface area contributed by atoms with E-state index >= 15 is 0 Å². The first-order chi connectivity index (χ1) is 7.00. The standard InChI is InChI=1S/C9H8ClFINO2/c10-6-3-5(1-2-7(6)11)8(12)4-13-9(14)15/h1-3,8,13H,4H2,(H,14,15). The highest BCUT2D eigenvalue weighted by molar-refractivity contribution is 14.1. The number of hydrogen-bond donors (Lipinski definition) is 2. The molecule has 0 aliphatic heterocycles. The van der Waals surface area contributed by atoms with E-state index in [4.69, 9.17) is 16.7 Å². The van der Waals surface area contributed by atoms with Crippen LogP contribution < -0.4 is 5.32 Å². The topological polar surface area (TPSA) is 49.3 Å². The first-order valence-electron chi connectivity index (χ1n) is 4.06. The van der Waals surface area contributed by atoms with E-state index in [1.54, 1.807) is 6.07 Å². The fourth-order valence-corrected chi connectivity index (χ4v) is 1.80. The number of nitrogens with one attached hydrogen (secondary N) is 1. The third-order valence-corrected chi connectivity index (χ3v) is 3.19. The molecule has 15 heavy (non-hydrogen) atoms. The molecule has 1 aromatic rings. The largest absolute Gasteiger partial charge is 0.465 e. The zero-order chi connectivity index (χ0) is 11.4. The van der Waals surface area contributed by atoms with Crippen molar-refractivity contribution in [3.8, 4) is 0 Å². The lowest BCUT2D eigenvalue weighted by atomic mass is 10.1. The van der Waals surface area contributed by atoms with Gasteiger partial charge in [0.05, 0.1) is 8.95 Å². The van der Waals surface area contributed by atoms with Gasteiger partial charge in [0.2, 0.25) is 0 Å². The molecule has 0 heterocycles. The maximum absolute atomic E-state index is 12.8. The smallest absolute Gasteiger partial charge is 0.404 e. The zero-order valence-corrected chi connectivity index (χ0v) is 10.4. The molecule has 0 spiro atoms. The maximum atomic E-state index is 12.8. The highest BCUT2D eigenvalue weighted by Gasteiger charge is 2.10. The van der Waals surface area contributed by atoms with E-state index in [-0.39, 0.29) is 15.5 Å². The van der Waals surface area contributed by atoms with Crippen LogP contribution in [0.25, 0.3) is 0 Å². The van der Waals surface area contributed by atoms with Crippen LogP contribution in [0.5, 0.6) is 0 Å². The van der Waals surface area contributed by atoms with Crippen molar-refractivity contribution in [2.24, 2.45) is 0 Å². The lowest BCUT2D eigenvalue weighted by Gasteiger charge is -2.10. The van der Waals surface area contributed by atoms with Gasteiger partial charge in [0.15, 0.2) is 0 Å². The van der Waals surface area contributed by atoms with E-state index in [9.17, 15) is 9.18 Å². The first kappa shape index (κ1) is 12.5. The van der Waals surface area contributed by atoms with Crippen LogP contribution in [0.1, 0.15) is 9.49 Å². The SMILES string of the molecule is O=C(O)NCC(I)c1ccc(F)c(Cl)c1. The summed E-state index contributed by atoms with van der Waals surface area (Å²) in [4.78, 5) is 10.3. The van der Waals surface area contributed by atoms with Crippen molar-refractivity contribution in [1.29, 1.82) is 0 Å². The summed E-state index contributed by atoms with van der Waals surface area (Å²) in [5.74, 6) is -0.477. The van der Waals surface area contributed by atoms with Gasteiger partial charge in [-0.1, -0.05) is 40.3 Å². The van der Waals surface area contributed by atoms with Crippen LogP contribution in [-0.4, -0.2) is 17.7 Å². The summed E-state index contributed by atoms with van der Waals surface area (Å²) in [6, 6.07) is 4.35. The Kier molecular flexibility index (Phi) is 4.59. The average molecular weight is 344 g/mol. The predicted octanol–water partition coefficient (Wildman–Crippen LogP) is 3.22. The van der Waals surface area contributed by atoms with Gasteiger partial charge in [0.25, 0.3) is 0 Å². The monoisotopic (exact) mass is 343 g/mol. The Bertz CT molecular complexity index is 375. The molecule has 0 aromatic heterocycles. The third-order valence-electron chi connectivity index (χ3n) is 1.74. The molecule has 2 N–H and O–H groups in total. The van der Waals surface area contributed by atoms with Crippen molar-refractivity contribution in [3.05, 3.63) is 34.6 Å². The lowest BCUT2D eigenvalue weighted by Crippen LogP contribution is -2.24. The summed E-state index contributed by atoms with van der Waals surface area (Å²) in [6.45, 7) is 0.262. The number of benzene rings is 1. The summed E-state index contributed by atoms with van der Waals surface area (Å²) in [5.41, 5.74) is 0.788. The molecule has 1 rings (SSSR count). The molecule has 1 atom stereocenters. The number of carbonyl (C=O) groups is 1. The summed E-state index contributed by atoms with van der Waals surface area (Å²) >= 11 is 7.67. The fourth-order valence-electron chi connectivity index (χ4n) is 1.00. The molecule has 1 aromatic carbocycles. The summed E-state index contributed by atoms with van der Waals surface area (Å²) < 4.78 is 12.8. The second kappa shape index (κ2) is 5.50. The predicted molar refractivity (Wildman–Crippen MR) is 64.2 cm³/mol. The normalized spacial score (nSPS) is 12.2. The molecule has 0 saturated heterocycles. The van der Waals surface area contributed by atoms with Crippen LogP contribution in [0.4, 0.5) is 9.18 Å². The first-order valence-corrected chi connectivity index (χ1v) is 5.69. The number of amides is 1. The Morgan fingerprint density at radius 1 is 1.67 bits per heavy atom. The number of rotatable bonds is 3. The van der Waals surface area contributed by atoms with Crippen LogP contribution in [0.15, 0.2) is 18.2 Å². The number of hydrogen-bond acceptors (Lipinski definition) is 1. The minimum absolute atomic E-state index is 0.0458. The molecule has 1 amide bonds. The van der Waals surface area contributed by atoms with Gasteiger partial charge in [-0.15, -0.1) is 0 Å². The molecule has 0 fully saturated rings. The average Bonchev–Trinajstić information content (AvgIpc) is 2.18. The minimum Gasteiger partial charge on any atom is -0.465 e. The van der Waals surface area contributed by atoms with Crippen molar-refractivity contribution >= 4 is 40.3 Å². The molecule has 0 aliphatic rings. The molecule has 0 saturated carbocycles. The van der Waals surface area contributed by atoms with Crippen molar-refractivity contribution in [2.45, 2.75) is 3.92 Å². The van der Waals surface area contributed by atoms with Crippen LogP contribution in [0, 0.1) is 5.82 Å². The molecular weight excluding hydrogens is 335 g/mol. The Hall–Kier alpha value is -0.560. The Morgan fingerprint density at radius 2 is 2.33 bits per heavy atom. The second-order valence-corrected chi connectivity index (χ2v) is 4.74. The van der Waals surface area contributed by atoms with Gasteiger partial charge in [-0.2, -0.15) is 0 Å². The van der Waals surface area contributed by atoms with Gasteiger partial charge in [-0.3, -0.25) is 0 Å². The maximum Gasteiger partial charge on any atom is 0.404 e. The summed E-state index contributed by atoms with van der Waals surface area (Å²) in [6.07, 6.45) is -1.08. The second-order valence-electron chi connectivity index (χ2n) is 2.83. The van der Waals surface area contributed by atoms with Crippen LogP contribution in [0.2, 0.25) is 5.02 Å². The van der Waals surface area contributed by atoms with E-state index in [1.165, 1.54) is 12.1 Å². The van der Waals surface area contributed by atoms with Gasteiger partial charge in [-0.25, -0.2) is 9.18 Å². The number of alkyl halides is 1. The van der Waals surface area contributed by atoms with Gasteiger partial charge in [0, 0.05) is 6.54 Å². The van der Waals surface area contributed by atoms with Gasteiger partial charge in [-0.05, 0) is 17.7 Å². The molecule has 0 bridgehead atoms. The van der Waals surface area contributed by atoms with Crippen molar-refractivity contribution in [2.75, 3.05) is 6.54 Å². The molecular formula is C9H8ClFINO2. The zero-order valence-electron chi connectivity index (χ0n) is 7.51. The highest BCUT2D eigenvalue weighted by atomic mass is 127. The van der Waals surface area contributed by atoms with E-state index in [2.05, 4.69) is 27.9 Å².